The second-order valence-electron chi connectivity index (χ2n) is 8.53. The largest absolute Gasteiger partial charge is 0.460 e. The van der Waals surface area contributed by atoms with Gasteiger partial charge in [-0.3, -0.25) is 4.98 Å². The zero-order valence-corrected chi connectivity index (χ0v) is 19.1. The van der Waals surface area contributed by atoms with Crippen molar-refractivity contribution >= 4 is 22.3 Å². The van der Waals surface area contributed by atoms with E-state index in [4.69, 9.17) is 9.47 Å². The summed E-state index contributed by atoms with van der Waals surface area (Å²) in [4.78, 5) is 23.2. The van der Waals surface area contributed by atoms with Gasteiger partial charge in [-0.25, -0.2) is 15.0 Å². The lowest BCUT2D eigenvalue weighted by Gasteiger charge is -2.45. The van der Waals surface area contributed by atoms with Crippen LogP contribution in [0.15, 0.2) is 30.9 Å². The molecule has 0 radical (unpaired) electrons. The lowest BCUT2D eigenvalue weighted by atomic mass is 9.72. The second kappa shape index (κ2) is 9.05. The molecule has 0 bridgehead atoms. The van der Waals surface area contributed by atoms with Gasteiger partial charge in [-0.1, -0.05) is 11.3 Å². The topological polar surface area (TPSA) is 107 Å². The number of hydrogen-bond donors (Lipinski definition) is 2. The molecule has 1 unspecified atom stereocenters. The van der Waals surface area contributed by atoms with E-state index in [1.54, 1.807) is 24.8 Å². The summed E-state index contributed by atoms with van der Waals surface area (Å²) >= 11 is 1.50. The van der Waals surface area contributed by atoms with Gasteiger partial charge >= 0.3 is 6.01 Å². The summed E-state index contributed by atoms with van der Waals surface area (Å²) in [6, 6.07) is 2.45. The van der Waals surface area contributed by atoms with Crippen molar-refractivity contribution in [1.29, 1.82) is 0 Å². The first-order chi connectivity index (χ1) is 15.6. The van der Waals surface area contributed by atoms with Gasteiger partial charge in [0.15, 0.2) is 10.9 Å². The fraction of sp³-hybridized carbons (Fsp3) is 0.500. The molecule has 10 heteroatoms. The van der Waals surface area contributed by atoms with Crippen molar-refractivity contribution in [2.75, 3.05) is 25.6 Å². The molecule has 32 heavy (non-hydrogen) atoms. The molecule has 1 spiro atoms. The lowest BCUT2D eigenvalue weighted by Crippen LogP contribution is -2.46. The van der Waals surface area contributed by atoms with E-state index < -0.39 is 0 Å². The van der Waals surface area contributed by atoms with E-state index in [0.29, 0.717) is 17.2 Å². The van der Waals surface area contributed by atoms with Gasteiger partial charge in [-0.05, 0) is 45.7 Å². The number of thiazole rings is 1. The van der Waals surface area contributed by atoms with Crippen LogP contribution < -0.4 is 15.4 Å². The van der Waals surface area contributed by atoms with Crippen molar-refractivity contribution in [3.63, 3.8) is 0 Å². The van der Waals surface area contributed by atoms with Crippen LogP contribution in [0.2, 0.25) is 0 Å². The Bertz CT molecular complexity index is 1040. The fourth-order valence-corrected chi connectivity index (χ4v) is 4.81. The van der Waals surface area contributed by atoms with Crippen LogP contribution in [0.4, 0.5) is 10.9 Å². The van der Waals surface area contributed by atoms with E-state index in [1.165, 1.54) is 11.3 Å². The molecule has 3 aromatic heterocycles. The first-order valence-corrected chi connectivity index (χ1v) is 11.7. The highest BCUT2D eigenvalue weighted by atomic mass is 32.1. The standard InChI is InChI=1S/C22H27N7O2S/c1-14(23-2)17-9-26-19(11-25-17)29-21-27-10-18(32-21)16-5-8-24-20(28-16)31-15-3-6-22(7-4-15)12-30-13-22/h5,8-11,14-15,23H,3-4,6-7,12-13H2,1-2H3,(H,26,27,29). The van der Waals surface area contributed by atoms with Crippen molar-refractivity contribution < 1.29 is 9.47 Å². The quantitative estimate of drug-likeness (QED) is 0.553. The summed E-state index contributed by atoms with van der Waals surface area (Å²) in [5.41, 5.74) is 2.09. The molecular formula is C22H27N7O2S. The monoisotopic (exact) mass is 453 g/mol. The lowest BCUT2D eigenvalue weighted by molar-refractivity contribution is -0.140. The Morgan fingerprint density at radius 3 is 2.66 bits per heavy atom. The number of aromatic nitrogens is 5. The zero-order chi connectivity index (χ0) is 22.0. The van der Waals surface area contributed by atoms with E-state index in [9.17, 15) is 0 Å². The number of rotatable bonds is 7. The second-order valence-corrected chi connectivity index (χ2v) is 9.56. The third-order valence-electron chi connectivity index (χ3n) is 6.26. The van der Waals surface area contributed by atoms with Gasteiger partial charge in [-0.2, -0.15) is 4.98 Å². The third-order valence-corrected chi connectivity index (χ3v) is 7.19. The highest BCUT2D eigenvalue weighted by molar-refractivity contribution is 7.18. The molecule has 1 saturated heterocycles. The smallest absolute Gasteiger partial charge is 0.317 e. The first-order valence-electron chi connectivity index (χ1n) is 10.9. The maximum absolute atomic E-state index is 6.10. The summed E-state index contributed by atoms with van der Waals surface area (Å²) in [7, 11) is 1.90. The summed E-state index contributed by atoms with van der Waals surface area (Å²) in [5.74, 6) is 0.650. The summed E-state index contributed by atoms with van der Waals surface area (Å²) in [6.45, 7) is 3.84. The summed E-state index contributed by atoms with van der Waals surface area (Å²) in [6.07, 6.45) is 11.5. The highest BCUT2D eigenvalue weighted by Crippen LogP contribution is 2.43. The van der Waals surface area contributed by atoms with Crippen molar-refractivity contribution in [1.82, 2.24) is 30.2 Å². The van der Waals surface area contributed by atoms with E-state index in [1.807, 2.05) is 20.0 Å². The molecule has 0 aromatic carbocycles. The third kappa shape index (κ3) is 4.57. The molecule has 2 N–H and O–H groups in total. The van der Waals surface area contributed by atoms with E-state index in [0.717, 1.165) is 60.3 Å². The van der Waals surface area contributed by atoms with Crippen LogP contribution in [-0.2, 0) is 4.74 Å². The number of anilines is 2. The molecule has 1 saturated carbocycles. The molecule has 1 aliphatic carbocycles. The number of hydrogen-bond acceptors (Lipinski definition) is 10. The van der Waals surface area contributed by atoms with Gasteiger partial charge in [0.25, 0.3) is 0 Å². The van der Waals surface area contributed by atoms with E-state index >= 15 is 0 Å². The minimum atomic E-state index is 0.152. The van der Waals surface area contributed by atoms with Crippen LogP contribution in [-0.4, -0.2) is 51.3 Å². The normalized spacial score (nSPS) is 18.8. The van der Waals surface area contributed by atoms with Crippen molar-refractivity contribution in [2.45, 2.75) is 44.8 Å². The molecular weight excluding hydrogens is 426 g/mol. The Kier molecular flexibility index (Phi) is 5.99. The maximum atomic E-state index is 6.10. The van der Waals surface area contributed by atoms with Crippen molar-refractivity contribution in [3.8, 4) is 16.6 Å². The van der Waals surface area contributed by atoms with Crippen molar-refractivity contribution in [3.05, 3.63) is 36.5 Å². The van der Waals surface area contributed by atoms with E-state index in [-0.39, 0.29) is 12.1 Å². The maximum Gasteiger partial charge on any atom is 0.317 e. The molecule has 2 aliphatic rings. The molecule has 5 rings (SSSR count). The van der Waals surface area contributed by atoms with Crippen LogP contribution in [0, 0.1) is 5.41 Å². The average molecular weight is 454 g/mol. The zero-order valence-electron chi connectivity index (χ0n) is 18.2. The van der Waals surface area contributed by atoms with Crippen molar-refractivity contribution in [2.24, 2.45) is 5.41 Å². The Labute approximate surface area is 191 Å². The Hall–Kier alpha value is -2.69. The molecule has 3 aromatic rings. The Balaban J connectivity index is 1.21. The number of nitrogens with one attached hydrogen (secondary N) is 2. The SMILES string of the molecule is CNC(C)c1cnc(Nc2ncc(-c3ccnc(OC4CCC5(CC4)COC5)n3)s2)cn1. The predicted molar refractivity (Wildman–Crippen MR) is 122 cm³/mol. The predicted octanol–water partition coefficient (Wildman–Crippen LogP) is 3.75. The first kappa shape index (κ1) is 21.2. The minimum absolute atomic E-state index is 0.152. The molecule has 0 amide bonds. The Morgan fingerprint density at radius 1 is 1.12 bits per heavy atom. The summed E-state index contributed by atoms with van der Waals surface area (Å²) < 4.78 is 11.5. The van der Waals surface area contributed by atoms with Crippen LogP contribution in [0.3, 0.4) is 0 Å². The minimum Gasteiger partial charge on any atom is -0.460 e. The molecule has 2 fully saturated rings. The highest BCUT2D eigenvalue weighted by Gasteiger charge is 2.42. The van der Waals surface area contributed by atoms with Gasteiger partial charge in [-0.15, -0.1) is 0 Å². The van der Waals surface area contributed by atoms with E-state index in [2.05, 4.69) is 35.6 Å². The van der Waals surface area contributed by atoms with Crippen LogP contribution in [0.25, 0.3) is 10.6 Å². The average Bonchev–Trinajstić information content (AvgIpc) is 3.27. The van der Waals surface area contributed by atoms with Crippen LogP contribution in [0.1, 0.15) is 44.3 Å². The number of nitrogens with zero attached hydrogens (tertiary/aromatic N) is 5. The molecule has 1 atom stereocenters. The Morgan fingerprint density at radius 2 is 1.97 bits per heavy atom. The van der Waals surface area contributed by atoms with Gasteiger partial charge in [0.05, 0.1) is 41.9 Å². The fourth-order valence-electron chi connectivity index (χ4n) is 4.02. The van der Waals surface area contributed by atoms with Gasteiger partial charge < -0.3 is 20.1 Å². The molecule has 168 valence electrons. The van der Waals surface area contributed by atoms with Gasteiger partial charge in [0, 0.05) is 23.9 Å². The van der Waals surface area contributed by atoms with Gasteiger partial charge in [0.1, 0.15) is 6.10 Å². The number of ether oxygens (including phenoxy) is 2. The molecule has 1 aliphatic heterocycles. The molecule has 4 heterocycles. The van der Waals surface area contributed by atoms with Gasteiger partial charge in [0.2, 0.25) is 0 Å². The van der Waals surface area contributed by atoms with Crippen LogP contribution in [0.5, 0.6) is 6.01 Å². The molecule has 9 nitrogen and oxygen atoms in total. The van der Waals surface area contributed by atoms with Crippen LogP contribution >= 0.6 is 11.3 Å². The summed E-state index contributed by atoms with van der Waals surface area (Å²) in [5, 5.41) is 7.08.